The van der Waals surface area contributed by atoms with Crippen molar-refractivity contribution in [2.45, 2.75) is 13.5 Å². The Morgan fingerprint density at radius 1 is 1.32 bits per heavy atom. The number of nitrogens with one attached hydrogen (secondary N) is 1. The molecule has 0 saturated heterocycles. The summed E-state index contributed by atoms with van der Waals surface area (Å²) in [5.74, 6) is -0.898. The van der Waals surface area contributed by atoms with E-state index in [1.54, 1.807) is 19.1 Å². The molecule has 6 nitrogen and oxygen atoms in total. The first-order valence-corrected chi connectivity index (χ1v) is 7.53. The van der Waals surface area contributed by atoms with Gasteiger partial charge in [-0.15, -0.1) is 0 Å². The molecule has 1 N–H and O–H groups in total. The van der Waals surface area contributed by atoms with E-state index in [0.29, 0.717) is 11.1 Å². The lowest BCUT2D eigenvalue weighted by molar-refractivity contribution is -0.387. The highest BCUT2D eigenvalue weighted by Crippen LogP contribution is 2.22. The zero-order valence-corrected chi connectivity index (χ0v) is 13.6. The van der Waals surface area contributed by atoms with Gasteiger partial charge in [0, 0.05) is 12.6 Å². The Morgan fingerprint density at radius 3 is 2.72 bits per heavy atom. The predicted molar refractivity (Wildman–Crippen MR) is 91.5 cm³/mol. The summed E-state index contributed by atoms with van der Waals surface area (Å²) in [7, 11) is 0. The Labute approximate surface area is 144 Å². The molecular weight excluding hydrogens is 327 g/mol. The van der Waals surface area contributed by atoms with E-state index < -0.39 is 22.5 Å². The summed E-state index contributed by atoms with van der Waals surface area (Å²) in [4.78, 5) is 21.5. The van der Waals surface area contributed by atoms with Crippen LogP contribution in [-0.4, -0.2) is 17.6 Å². The SMILES string of the molecule is Cc1cc([N+](=O)[O-])c(F)cc1C=CCNC(=O)OCc1ccccc1. The van der Waals surface area contributed by atoms with Crippen molar-refractivity contribution in [2.75, 3.05) is 6.54 Å². The number of nitro groups is 1. The van der Waals surface area contributed by atoms with Crippen LogP contribution in [0, 0.1) is 22.9 Å². The topological polar surface area (TPSA) is 81.5 Å². The summed E-state index contributed by atoms with van der Waals surface area (Å²) in [5.41, 5.74) is 1.39. The number of alkyl carbamates (subject to hydrolysis) is 1. The predicted octanol–water partition coefficient (Wildman–Crippen LogP) is 3.98. The molecule has 25 heavy (non-hydrogen) atoms. The fraction of sp³-hybridized carbons (Fsp3) is 0.167. The minimum absolute atomic E-state index is 0.170. The molecule has 0 saturated carbocycles. The normalized spacial score (nSPS) is 10.6. The van der Waals surface area contributed by atoms with Crippen molar-refractivity contribution >= 4 is 17.9 Å². The van der Waals surface area contributed by atoms with Crippen molar-refractivity contribution in [1.29, 1.82) is 0 Å². The minimum atomic E-state index is -0.898. The molecule has 0 bridgehead atoms. The molecule has 0 fully saturated rings. The van der Waals surface area contributed by atoms with Crippen LogP contribution in [0.5, 0.6) is 0 Å². The molecule has 2 rings (SSSR count). The molecule has 0 radical (unpaired) electrons. The van der Waals surface area contributed by atoms with Gasteiger partial charge in [-0.1, -0.05) is 42.5 Å². The number of halogens is 1. The Hall–Kier alpha value is -3.22. The van der Waals surface area contributed by atoms with Crippen molar-refractivity contribution in [1.82, 2.24) is 5.32 Å². The quantitative estimate of drug-likeness (QED) is 0.635. The van der Waals surface area contributed by atoms with E-state index in [1.807, 2.05) is 30.3 Å². The van der Waals surface area contributed by atoms with E-state index in [-0.39, 0.29) is 13.2 Å². The number of carbonyl (C=O) groups is 1. The molecule has 0 aromatic heterocycles. The molecule has 0 atom stereocenters. The van der Waals surface area contributed by atoms with Crippen LogP contribution in [0.2, 0.25) is 0 Å². The number of rotatable bonds is 6. The Balaban J connectivity index is 1.84. The van der Waals surface area contributed by atoms with E-state index in [0.717, 1.165) is 11.6 Å². The summed E-state index contributed by atoms with van der Waals surface area (Å²) in [6.07, 6.45) is 2.62. The number of nitro benzene ring substituents is 1. The summed E-state index contributed by atoms with van der Waals surface area (Å²) in [5, 5.41) is 13.2. The lowest BCUT2D eigenvalue weighted by Crippen LogP contribution is -2.24. The maximum Gasteiger partial charge on any atom is 0.407 e. The van der Waals surface area contributed by atoms with Gasteiger partial charge in [0.25, 0.3) is 0 Å². The van der Waals surface area contributed by atoms with E-state index in [9.17, 15) is 19.3 Å². The van der Waals surface area contributed by atoms with Crippen LogP contribution in [-0.2, 0) is 11.3 Å². The lowest BCUT2D eigenvalue weighted by Gasteiger charge is -2.05. The summed E-state index contributed by atoms with van der Waals surface area (Å²) in [6, 6.07) is 11.5. The van der Waals surface area contributed by atoms with Crippen molar-refractivity contribution in [2.24, 2.45) is 0 Å². The monoisotopic (exact) mass is 344 g/mol. The number of carbonyl (C=O) groups excluding carboxylic acids is 1. The zero-order chi connectivity index (χ0) is 18.2. The van der Waals surface area contributed by atoms with Gasteiger partial charge in [-0.3, -0.25) is 10.1 Å². The first-order chi connectivity index (χ1) is 12.0. The average molecular weight is 344 g/mol. The number of hydrogen-bond donors (Lipinski definition) is 1. The molecule has 0 spiro atoms. The largest absolute Gasteiger partial charge is 0.445 e. The van der Waals surface area contributed by atoms with Crippen LogP contribution in [0.25, 0.3) is 6.08 Å². The van der Waals surface area contributed by atoms with Crippen molar-refractivity contribution in [3.05, 3.63) is 81.2 Å². The Kier molecular flexibility index (Phi) is 6.22. The zero-order valence-electron chi connectivity index (χ0n) is 13.6. The highest BCUT2D eigenvalue weighted by Gasteiger charge is 2.15. The second kappa shape index (κ2) is 8.58. The van der Waals surface area contributed by atoms with Gasteiger partial charge >= 0.3 is 11.8 Å². The molecule has 1 amide bonds. The summed E-state index contributed by atoms with van der Waals surface area (Å²) in [6.45, 7) is 2.00. The molecule has 0 aliphatic rings. The maximum atomic E-state index is 13.6. The highest BCUT2D eigenvalue weighted by molar-refractivity contribution is 5.67. The second-order valence-electron chi connectivity index (χ2n) is 5.26. The first kappa shape index (κ1) is 18.1. The van der Waals surface area contributed by atoms with Gasteiger partial charge in [-0.05, 0) is 29.7 Å². The number of aryl methyl sites for hydroxylation is 1. The molecule has 2 aromatic rings. The fourth-order valence-corrected chi connectivity index (χ4v) is 2.10. The molecule has 130 valence electrons. The fourth-order valence-electron chi connectivity index (χ4n) is 2.10. The second-order valence-corrected chi connectivity index (χ2v) is 5.26. The molecule has 0 unspecified atom stereocenters. The van der Waals surface area contributed by atoms with Crippen LogP contribution >= 0.6 is 0 Å². The number of nitrogens with zero attached hydrogens (tertiary/aromatic N) is 1. The Bertz CT molecular complexity index is 791. The van der Waals surface area contributed by atoms with Crippen LogP contribution < -0.4 is 5.32 Å². The Morgan fingerprint density at radius 2 is 2.04 bits per heavy atom. The van der Waals surface area contributed by atoms with Gasteiger partial charge in [-0.2, -0.15) is 4.39 Å². The molecule has 2 aromatic carbocycles. The van der Waals surface area contributed by atoms with Crippen LogP contribution in [0.4, 0.5) is 14.9 Å². The van der Waals surface area contributed by atoms with E-state index in [2.05, 4.69) is 5.32 Å². The molecule has 0 heterocycles. The van der Waals surface area contributed by atoms with Gasteiger partial charge in [0.05, 0.1) is 4.92 Å². The van der Waals surface area contributed by atoms with Gasteiger partial charge in [0.15, 0.2) is 0 Å². The van der Waals surface area contributed by atoms with Gasteiger partial charge in [-0.25, -0.2) is 4.79 Å². The summed E-state index contributed by atoms with van der Waals surface area (Å²) >= 11 is 0. The highest BCUT2D eigenvalue weighted by atomic mass is 19.1. The van der Waals surface area contributed by atoms with Gasteiger partial charge in [0.1, 0.15) is 6.61 Å². The van der Waals surface area contributed by atoms with Crippen molar-refractivity contribution in [3.8, 4) is 0 Å². The third-order valence-electron chi connectivity index (χ3n) is 3.41. The van der Waals surface area contributed by atoms with Crippen LogP contribution in [0.1, 0.15) is 16.7 Å². The smallest absolute Gasteiger partial charge is 0.407 e. The minimum Gasteiger partial charge on any atom is -0.445 e. The molecular formula is C18H17FN2O4. The lowest BCUT2D eigenvalue weighted by atomic mass is 10.1. The van der Waals surface area contributed by atoms with E-state index >= 15 is 0 Å². The average Bonchev–Trinajstić information content (AvgIpc) is 2.60. The van der Waals surface area contributed by atoms with Crippen molar-refractivity contribution < 1.29 is 18.8 Å². The van der Waals surface area contributed by atoms with E-state index in [1.165, 1.54) is 6.07 Å². The van der Waals surface area contributed by atoms with Gasteiger partial charge in [0.2, 0.25) is 5.82 Å². The van der Waals surface area contributed by atoms with Gasteiger partial charge < -0.3 is 10.1 Å². The first-order valence-electron chi connectivity index (χ1n) is 7.53. The molecule has 0 aliphatic heterocycles. The van der Waals surface area contributed by atoms with Crippen molar-refractivity contribution in [3.63, 3.8) is 0 Å². The number of benzene rings is 2. The number of amides is 1. The van der Waals surface area contributed by atoms with Crippen LogP contribution in [0.15, 0.2) is 48.5 Å². The number of ether oxygens (including phenoxy) is 1. The third kappa shape index (κ3) is 5.42. The standard InChI is InChI=1S/C18H17FN2O4/c1-13-10-17(21(23)24)16(19)11-15(13)8-5-9-20-18(22)25-12-14-6-3-2-4-7-14/h2-8,10-11H,9,12H2,1H3,(H,20,22). The third-order valence-corrected chi connectivity index (χ3v) is 3.41. The molecule has 7 heteroatoms. The van der Waals surface area contributed by atoms with Crippen LogP contribution in [0.3, 0.4) is 0 Å². The van der Waals surface area contributed by atoms with E-state index in [4.69, 9.17) is 4.74 Å². The molecule has 0 aliphatic carbocycles. The maximum absolute atomic E-state index is 13.6. The summed E-state index contributed by atoms with van der Waals surface area (Å²) < 4.78 is 18.7. The number of hydrogen-bond acceptors (Lipinski definition) is 4.